The normalized spacial score (nSPS) is 23.6. The summed E-state index contributed by atoms with van der Waals surface area (Å²) in [6.45, 7) is 1.81. The summed E-state index contributed by atoms with van der Waals surface area (Å²) in [6.07, 6.45) is 9.54. The third kappa shape index (κ3) is 8.57. The Morgan fingerprint density at radius 3 is 2.43 bits per heavy atom. The van der Waals surface area contributed by atoms with Gasteiger partial charge in [0.15, 0.2) is 5.82 Å². The van der Waals surface area contributed by atoms with E-state index in [1.807, 2.05) is 6.07 Å². The number of imide groups is 2. The SMILES string of the molecule is COc1cc(C(=O)NC2CC(N(C)CCC3CCN(c4ccc5c(c4)C(=O)N(C4CCC(=O)NC4=O)C5=O)CC3)C2)ccc1Nc1ncc2c(n1)N(C1CCCC1)CC(F)(F)C(=O)N2C. The van der Waals surface area contributed by atoms with Crippen LogP contribution in [0.25, 0.3) is 0 Å². The van der Waals surface area contributed by atoms with E-state index in [0.29, 0.717) is 29.0 Å². The van der Waals surface area contributed by atoms with E-state index < -0.39 is 48.0 Å². The summed E-state index contributed by atoms with van der Waals surface area (Å²) in [5.74, 6) is -5.83. The van der Waals surface area contributed by atoms with E-state index in [2.05, 4.69) is 42.8 Å². The van der Waals surface area contributed by atoms with E-state index in [1.165, 1.54) is 20.4 Å². The zero-order valence-corrected chi connectivity index (χ0v) is 36.8. The van der Waals surface area contributed by atoms with Crippen LogP contribution in [-0.4, -0.2) is 133 Å². The van der Waals surface area contributed by atoms with Crippen LogP contribution < -0.4 is 35.4 Å². The predicted molar refractivity (Wildman–Crippen MR) is 236 cm³/mol. The number of rotatable bonds is 12. The fourth-order valence-electron chi connectivity index (χ4n) is 10.2. The number of methoxy groups -OCH3 is 1. The lowest BCUT2D eigenvalue weighted by molar-refractivity contribution is -0.140. The molecule has 4 aliphatic heterocycles. The minimum atomic E-state index is -3.58. The number of hydrogen-bond acceptors (Lipinski definition) is 13. The first-order valence-electron chi connectivity index (χ1n) is 22.6. The molecule has 2 saturated heterocycles. The highest BCUT2D eigenvalue weighted by atomic mass is 19.3. The minimum Gasteiger partial charge on any atom is -0.495 e. The van der Waals surface area contributed by atoms with Crippen LogP contribution in [-0.2, 0) is 14.4 Å². The molecular weight excluding hydrogens is 843 g/mol. The molecule has 2 saturated carbocycles. The number of nitrogens with one attached hydrogen (secondary N) is 3. The number of alkyl halides is 2. The van der Waals surface area contributed by atoms with E-state index in [-0.39, 0.29) is 59.4 Å². The second-order valence-corrected chi connectivity index (χ2v) is 18.2. The van der Waals surface area contributed by atoms with Gasteiger partial charge in [0.25, 0.3) is 23.6 Å². The smallest absolute Gasteiger partial charge is 0.342 e. The Bertz CT molecular complexity index is 2420. The maximum atomic E-state index is 15.1. The first-order valence-corrected chi connectivity index (χ1v) is 22.6. The largest absolute Gasteiger partial charge is 0.495 e. The molecule has 6 amide bonds. The summed E-state index contributed by atoms with van der Waals surface area (Å²) in [5.41, 5.74) is 2.54. The van der Waals surface area contributed by atoms with Crippen LogP contribution in [0.1, 0.15) is 102 Å². The average molecular weight is 897 g/mol. The number of anilines is 5. The number of aromatic nitrogens is 2. The lowest BCUT2D eigenvalue weighted by atomic mass is 9.84. The van der Waals surface area contributed by atoms with Crippen molar-refractivity contribution in [3.05, 3.63) is 59.3 Å². The van der Waals surface area contributed by atoms with Crippen LogP contribution in [0.4, 0.5) is 37.6 Å². The molecule has 17 nitrogen and oxygen atoms in total. The molecule has 344 valence electrons. The average Bonchev–Trinajstić information content (AvgIpc) is 3.90. The minimum absolute atomic E-state index is 0.0285. The topological polar surface area (TPSA) is 190 Å². The van der Waals surface area contributed by atoms with Crippen LogP contribution in [0.3, 0.4) is 0 Å². The van der Waals surface area contributed by atoms with Gasteiger partial charge in [-0.2, -0.15) is 13.8 Å². The van der Waals surface area contributed by atoms with Gasteiger partial charge >= 0.3 is 5.92 Å². The van der Waals surface area contributed by atoms with Crippen molar-refractivity contribution in [1.29, 1.82) is 0 Å². The van der Waals surface area contributed by atoms with Crippen molar-refractivity contribution >= 4 is 64.3 Å². The molecule has 0 bridgehead atoms. The van der Waals surface area contributed by atoms with Crippen molar-refractivity contribution in [1.82, 2.24) is 30.4 Å². The molecule has 1 atom stereocenters. The monoisotopic (exact) mass is 896 g/mol. The molecule has 65 heavy (non-hydrogen) atoms. The number of nitrogens with zero attached hydrogens (tertiary/aromatic N) is 7. The summed E-state index contributed by atoms with van der Waals surface area (Å²) in [5, 5.41) is 8.51. The predicted octanol–water partition coefficient (Wildman–Crippen LogP) is 4.49. The first kappa shape index (κ1) is 44.0. The molecule has 0 radical (unpaired) electrons. The number of ether oxygens (including phenoxy) is 1. The summed E-state index contributed by atoms with van der Waals surface area (Å²) in [7, 11) is 4.93. The molecule has 6 aliphatic rings. The number of carbonyl (C=O) groups excluding carboxylic acids is 6. The highest BCUT2D eigenvalue weighted by Gasteiger charge is 2.49. The lowest BCUT2D eigenvalue weighted by Gasteiger charge is -2.42. The highest BCUT2D eigenvalue weighted by Crippen LogP contribution is 2.41. The molecule has 0 spiro atoms. The standard InChI is InChI=1S/C46H54F2N10O7/c1-54(17-14-26-15-18-56(19-16-26)30-9-10-32-33(23-30)43(63)58(42(32)62)35-12-13-38(59)52-41(35)61)31-21-28(22-31)50-40(60)27-8-11-34(37(20-27)65-3)51-45-49-24-36-39(53-45)57(29-6-4-5-7-29)25-46(47,48)44(64)55(36)2/h8-11,20,23-24,26,28-29,31,35H,4-7,12-19,21-22,25H2,1-3H3,(H,50,60)(H,49,51,53)(H,52,59,61). The number of carbonyl (C=O) groups is 6. The molecule has 9 rings (SSSR count). The molecular formula is C46H54F2N10O7. The van der Waals surface area contributed by atoms with Gasteiger partial charge < -0.3 is 35.0 Å². The summed E-state index contributed by atoms with van der Waals surface area (Å²) in [4.78, 5) is 93.7. The van der Waals surface area contributed by atoms with Gasteiger partial charge in [-0.15, -0.1) is 0 Å². The van der Waals surface area contributed by atoms with Crippen molar-refractivity contribution in [3.63, 3.8) is 0 Å². The van der Waals surface area contributed by atoms with Crippen molar-refractivity contribution in [2.24, 2.45) is 5.92 Å². The molecule has 2 aromatic carbocycles. The number of fused-ring (bicyclic) bond motifs is 2. The van der Waals surface area contributed by atoms with Crippen LogP contribution in [0.15, 0.2) is 42.6 Å². The van der Waals surface area contributed by atoms with Gasteiger partial charge in [-0.1, -0.05) is 12.8 Å². The Labute approximate surface area is 375 Å². The fourth-order valence-corrected chi connectivity index (χ4v) is 10.2. The van der Waals surface area contributed by atoms with Gasteiger partial charge in [0, 0.05) is 55.9 Å². The Morgan fingerprint density at radius 2 is 1.71 bits per heavy atom. The third-order valence-electron chi connectivity index (χ3n) is 14.2. The molecule has 19 heteroatoms. The molecule has 5 heterocycles. The summed E-state index contributed by atoms with van der Waals surface area (Å²) < 4.78 is 35.7. The van der Waals surface area contributed by atoms with E-state index in [1.54, 1.807) is 35.2 Å². The lowest BCUT2D eigenvalue weighted by Crippen LogP contribution is -2.54. The van der Waals surface area contributed by atoms with E-state index in [9.17, 15) is 28.8 Å². The van der Waals surface area contributed by atoms with Crippen LogP contribution in [0.2, 0.25) is 0 Å². The van der Waals surface area contributed by atoms with Gasteiger partial charge in [0.2, 0.25) is 17.8 Å². The highest BCUT2D eigenvalue weighted by molar-refractivity contribution is 6.23. The Kier molecular flexibility index (Phi) is 11.9. The van der Waals surface area contributed by atoms with Crippen LogP contribution in [0.5, 0.6) is 5.75 Å². The quantitative estimate of drug-likeness (QED) is 0.216. The Morgan fingerprint density at radius 1 is 0.969 bits per heavy atom. The van der Waals surface area contributed by atoms with Crippen molar-refractivity contribution in [2.75, 3.05) is 67.4 Å². The van der Waals surface area contributed by atoms with Gasteiger partial charge in [0.05, 0.1) is 36.7 Å². The van der Waals surface area contributed by atoms with Crippen molar-refractivity contribution in [2.45, 2.75) is 101 Å². The number of benzene rings is 2. The van der Waals surface area contributed by atoms with Gasteiger partial charge in [-0.3, -0.25) is 39.0 Å². The van der Waals surface area contributed by atoms with Crippen molar-refractivity contribution < 1.29 is 42.3 Å². The molecule has 1 unspecified atom stereocenters. The first-order chi connectivity index (χ1) is 31.2. The third-order valence-corrected chi connectivity index (χ3v) is 14.2. The molecule has 2 aliphatic carbocycles. The van der Waals surface area contributed by atoms with Crippen molar-refractivity contribution in [3.8, 4) is 5.75 Å². The number of piperidine rings is 2. The number of amides is 6. The van der Waals surface area contributed by atoms with Gasteiger partial charge in [-0.25, -0.2) is 4.98 Å². The fraction of sp³-hybridized carbons (Fsp3) is 0.522. The maximum absolute atomic E-state index is 15.1. The van der Waals surface area contributed by atoms with Crippen LogP contribution in [0, 0.1) is 5.92 Å². The zero-order chi connectivity index (χ0) is 45.7. The molecule has 4 fully saturated rings. The summed E-state index contributed by atoms with van der Waals surface area (Å²) >= 11 is 0. The maximum Gasteiger partial charge on any atom is 0.342 e. The van der Waals surface area contributed by atoms with Gasteiger partial charge in [0.1, 0.15) is 17.5 Å². The summed E-state index contributed by atoms with van der Waals surface area (Å²) in [6, 6.07) is 9.50. The Hall–Kier alpha value is -6.24. The second kappa shape index (κ2) is 17.6. The van der Waals surface area contributed by atoms with Crippen LogP contribution >= 0.6 is 0 Å². The molecule has 3 aromatic rings. The number of hydrogen-bond donors (Lipinski definition) is 3. The van der Waals surface area contributed by atoms with E-state index in [4.69, 9.17) is 4.74 Å². The molecule has 3 N–H and O–H groups in total. The molecule has 1 aromatic heterocycles. The second-order valence-electron chi connectivity index (χ2n) is 18.2. The van der Waals surface area contributed by atoms with E-state index in [0.717, 1.165) is 92.9 Å². The van der Waals surface area contributed by atoms with E-state index >= 15 is 8.78 Å². The zero-order valence-electron chi connectivity index (χ0n) is 36.8. The number of halogens is 2. The Balaban J connectivity index is 0.737. The van der Waals surface area contributed by atoms with Gasteiger partial charge in [-0.05, 0) is 107 Å².